The molecule has 4 fully saturated rings. The monoisotopic (exact) mass is 989 g/mol. The number of ether oxygens (including phenoxy) is 8. The Bertz CT molecular complexity index is 2360. The van der Waals surface area contributed by atoms with Crippen molar-refractivity contribution in [2.24, 2.45) is 16.7 Å². The summed E-state index contributed by atoms with van der Waals surface area (Å²) in [6.45, 7) is 18.6. The third-order valence-electron chi connectivity index (χ3n) is 15.5. The fourth-order valence-electron chi connectivity index (χ4n) is 11.8. The van der Waals surface area contributed by atoms with Crippen LogP contribution in [0, 0.1) is 16.7 Å². The Morgan fingerprint density at radius 1 is 0.887 bits per heavy atom. The number of aliphatic hydroxyl groups is 1. The summed E-state index contributed by atoms with van der Waals surface area (Å²) in [6.07, 6.45) is -10.3. The summed E-state index contributed by atoms with van der Waals surface area (Å²) in [7, 11) is 2.80. The molecule has 388 valence electrons. The van der Waals surface area contributed by atoms with Crippen LogP contribution in [0.3, 0.4) is 0 Å². The molecule has 2 saturated carbocycles. The number of nitrogens with one attached hydrogen (secondary N) is 1. The largest absolute Gasteiger partial charge is 0.455 e. The van der Waals surface area contributed by atoms with E-state index in [2.05, 4.69) is 24.1 Å². The van der Waals surface area contributed by atoms with Crippen LogP contribution >= 0.6 is 0 Å². The van der Waals surface area contributed by atoms with Crippen molar-refractivity contribution in [2.75, 3.05) is 47.0 Å². The number of alkyl carbamates (subject to hydrolysis) is 1. The van der Waals surface area contributed by atoms with Gasteiger partial charge in [0.25, 0.3) is 0 Å². The lowest BCUT2D eigenvalue weighted by molar-refractivity contribution is -0.347. The molecule has 7 rings (SSSR count). The number of rotatable bonds is 12. The third kappa shape index (κ3) is 9.81. The van der Waals surface area contributed by atoms with Gasteiger partial charge >= 0.3 is 30.1 Å². The highest BCUT2D eigenvalue weighted by atomic mass is 16.6. The zero-order valence-corrected chi connectivity index (χ0v) is 43.0. The van der Waals surface area contributed by atoms with E-state index in [4.69, 9.17) is 37.9 Å². The van der Waals surface area contributed by atoms with Crippen molar-refractivity contribution in [2.45, 2.75) is 148 Å². The second kappa shape index (κ2) is 20.2. The van der Waals surface area contributed by atoms with Crippen molar-refractivity contribution < 1.29 is 71.8 Å². The lowest BCUT2D eigenvalue weighted by atomic mass is 9.44. The minimum absolute atomic E-state index is 0.103. The number of hydrogen-bond acceptors (Lipinski definition) is 16. The van der Waals surface area contributed by atoms with Crippen molar-refractivity contribution >= 4 is 35.9 Å². The Morgan fingerprint density at radius 3 is 2.04 bits per heavy atom. The first-order chi connectivity index (χ1) is 33.3. The number of benzene rings is 2. The van der Waals surface area contributed by atoms with Gasteiger partial charge in [0, 0.05) is 71.6 Å². The molecule has 2 aromatic rings. The highest BCUT2D eigenvalue weighted by Gasteiger charge is 2.78. The number of ketones is 1. The van der Waals surface area contributed by atoms with E-state index in [-0.39, 0.29) is 30.2 Å². The van der Waals surface area contributed by atoms with E-state index in [0.717, 1.165) is 0 Å². The lowest BCUT2D eigenvalue weighted by Crippen LogP contribution is -2.82. The van der Waals surface area contributed by atoms with E-state index in [1.807, 2.05) is 0 Å². The predicted octanol–water partition coefficient (Wildman–Crippen LogP) is 5.74. The minimum atomic E-state index is -2.28. The van der Waals surface area contributed by atoms with Crippen LogP contribution in [0.4, 0.5) is 9.59 Å². The molecule has 2 N–H and O–H groups in total. The molecule has 0 aromatic heterocycles. The molecule has 5 aliphatic rings. The quantitative estimate of drug-likeness (QED) is 0.147. The van der Waals surface area contributed by atoms with E-state index in [1.165, 1.54) is 26.0 Å². The van der Waals surface area contributed by atoms with Gasteiger partial charge in [0.15, 0.2) is 11.4 Å². The molecule has 18 heteroatoms. The van der Waals surface area contributed by atoms with Gasteiger partial charge in [0.1, 0.15) is 41.7 Å². The Hall–Kier alpha value is -5.40. The third-order valence-corrected chi connectivity index (χ3v) is 15.5. The van der Waals surface area contributed by atoms with Gasteiger partial charge in [0.05, 0.1) is 29.6 Å². The van der Waals surface area contributed by atoms with Crippen molar-refractivity contribution in [3.63, 3.8) is 0 Å². The number of esters is 3. The molecule has 2 saturated heterocycles. The molecule has 2 aromatic carbocycles. The number of nitrogens with zero attached hydrogens (tertiary/aromatic N) is 2. The molecule has 2 bridgehead atoms. The summed E-state index contributed by atoms with van der Waals surface area (Å²) in [5.74, 6) is -4.54. The number of piperazine rings is 1. The zero-order chi connectivity index (χ0) is 52.0. The summed E-state index contributed by atoms with van der Waals surface area (Å²) in [5.41, 5.74) is -7.00. The number of amides is 2. The maximum Gasteiger partial charge on any atom is 0.410 e. The molecule has 3 aliphatic carbocycles. The van der Waals surface area contributed by atoms with Crippen molar-refractivity contribution in [1.82, 2.24) is 15.1 Å². The van der Waals surface area contributed by atoms with Gasteiger partial charge in [-0.3, -0.25) is 14.5 Å². The second-order valence-electron chi connectivity index (χ2n) is 21.5. The maximum atomic E-state index is 15.8. The number of carbonyl (C=O) groups is 6. The van der Waals surface area contributed by atoms with Crippen LogP contribution in [0.25, 0.3) is 0 Å². The number of Topliss-reactive ketones (excluding diaryl/α,β-unsaturated/α-hetero) is 1. The van der Waals surface area contributed by atoms with E-state index >= 15 is 9.59 Å². The standard InChI is InChI=1S/C53H71N3O15/c1-30(2)55-23-25-56(26-24-55)48(62)68-41(39(33-19-15-13-16-20-33)54-47(61)71-49(5,6)7)46(60)67-35-28-53(63)44(69-45(59)34-21-17-14-18-22-34)42-51(10,43(58)40(65-12)38(31(35)3)50(53,8)9)36(64-11)27-37-52(42,29-66-37)70-32(4)57/h13-22,30,35-37,39-42,44,63H,23-29H2,1-12H3,(H,54,61)/t35-,36-,37+,39-,40+,41+,42-,44-,51+,52-,53+/m0/s1. The molecule has 0 radical (unpaired) electrons. The molecule has 18 nitrogen and oxygen atoms in total. The molecule has 2 amide bonds. The summed E-state index contributed by atoms with van der Waals surface area (Å²) < 4.78 is 49.6. The van der Waals surface area contributed by atoms with Crippen LogP contribution in [0.5, 0.6) is 0 Å². The molecule has 0 unspecified atom stereocenters. The number of hydrogen-bond donors (Lipinski definition) is 2. The van der Waals surface area contributed by atoms with Gasteiger partial charge < -0.3 is 53.2 Å². The smallest absolute Gasteiger partial charge is 0.410 e. The van der Waals surface area contributed by atoms with Crippen LogP contribution in [0.2, 0.25) is 0 Å². The van der Waals surface area contributed by atoms with Gasteiger partial charge in [-0.25, -0.2) is 19.2 Å². The number of carbonyl (C=O) groups excluding carboxylic acids is 6. The fraction of sp³-hybridized carbons (Fsp3) is 0.623. The number of methoxy groups -OCH3 is 2. The van der Waals surface area contributed by atoms with Gasteiger partial charge in [0.2, 0.25) is 6.10 Å². The molecular formula is C53H71N3O15. The summed E-state index contributed by atoms with van der Waals surface area (Å²) in [6, 6.07) is 15.4. The number of fused-ring (bicyclic) bond motifs is 5. The SMILES string of the molecule is CO[C@H]1C(=O)[C@]2(C)[C@@H](OC)C[C@H]3OC[C@@]3(OC(C)=O)[C@H]2[C@H](OC(=O)c2ccccc2)[C@]2(O)C[C@H](OC(=O)[C@H](OC(=O)N3CCN(C(C)C)CC3)[C@@H](NC(=O)OC(C)(C)C)c3ccccc3)C(C)=C1C2(C)C. The summed E-state index contributed by atoms with van der Waals surface area (Å²) in [4.78, 5) is 90.6. The van der Waals surface area contributed by atoms with E-state index in [1.54, 1.807) is 109 Å². The van der Waals surface area contributed by atoms with Gasteiger partial charge in [-0.2, -0.15) is 0 Å². The Balaban J connectivity index is 1.39. The Kier molecular flexibility index (Phi) is 15.2. The average molecular weight is 990 g/mol. The fourth-order valence-corrected chi connectivity index (χ4v) is 11.8. The molecule has 2 aliphatic heterocycles. The maximum absolute atomic E-state index is 15.8. The highest BCUT2D eigenvalue weighted by molar-refractivity contribution is 5.94. The highest BCUT2D eigenvalue weighted by Crippen LogP contribution is 2.65. The molecule has 71 heavy (non-hydrogen) atoms. The lowest BCUT2D eigenvalue weighted by Gasteiger charge is -2.67. The molecule has 2 heterocycles. The van der Waals surface area contributed by atoms with E-state index < -0.39 is 119 Å². The first kappa shape index (κ1) is 53.4. The Morgan fingerprint density at radius 2 is 1.51 bits per heavy atom. The topological polar surface area (TPSA) is 215 Å². The average Bonchev–Trinajstić information content (AvgIpc) is 3.31. The van der Waals surface area contributed by atoms with E-state index in [9.17, 15) is 24.3 Å². The van der Waals surface area contributed by atoms with Gasteiger partial charge in [-0.1, -0.05) is 62.4 Å². The van der Waals surface area contributed by atoms with Crippen LogP contribution in [0.1, 0.15) is 104 Å². The van der Waals surface area contributed by atoms with Crippen LogP contribution in [-0.2, 0) is 52.3 Å². The summed E-state index contributed by atoms with van der Waals surface area (Å²) >= 11 is 0. The zero-order valence-electron chi connectivity index (χ0n) is 43.0. The van der Waals surface area contributed by atoms with Crippen molar-refractivity contribution in [3.05, 3.63) is 82.9 Å². The molecule has 11 atom stereocenters. The Labute approximate surface area is 415 Å². The second-order valence-corrected chi connectivity index (χ2v) is 21.5. The molecular weight excluding hydrogens is 919 g/mol. The van der Waals surface area contributed by atoms with Crippen LogP contribution in [-0.4, -0.2) is 157 Å². The normalized spacial score (nSPS) is 31.3. The predicted molar refractivity (Wildman–Crippen MR) is 256 cm³/mol. The van der Waals surface area contributed by atoms with Crippen molar-refractivity contribution in [3.8, 4) is 0 Å². The van der Waals surface area contributed by atoms with Gasteiger partial charge in [-0.15, -0.1) is 0 Å². The van der Waals surface area contributed by atoms with Crippen LogP contribution < -0.4 is 5.32 Å². The first-order valence-corrected chi connectivity index (χ1v) is 24.4. The minimum Gasteiger partial charge on any atom is -0.455 e. The van der Waals surface area contributed by atoms with Crippen LogP contribution in [0.15, 0.2) is 71.8 Å². The molecule has 0 spiro atoms. The summed E-state index contributed by atoms with van der Waals surface area (Å²) in [5, 5.41) is 16.8. The van der Waals surface area contributed by atoms with Crippen molar-refractivity contribution in [1.29, 1.82) is 0 Å². The van der Waals surface area contributed by atoms with Gasteiger partial charge in [-0.05, 0) is 77.3 Å². The first-order valence-electron chi connectivity index (χ1n) is 24.4. The van der Waals surface area contributed by atoms with E-state index in [0.29, 0.717) is 37.3 Å².